The summed E-state index contributed by atoms with van der Waals surface area (Å²) in [5, 5.41) is 7.98. The largest absolute Gasteiger partial charge is 0.353 e. The van der Waals surface area contributed by atoms with Gasteiger partial charge in [-0.1, -0.05) is 11.6 Å². The molecule has 0 unspecified atom stereocenters. The standard InChI is InChI=1S/C13H21ClN4O/c1-10-12(14)9-18(16-10)8-5-13(19)15-11-3-6-17(2)7-4-11/h9,11H,3-8H2,1-2H3,(H,15,19). The molecule has 2 rings (SSSR count). The monoisotopic (exact) mass is 284 g/mol. The number of hydrogen-bond acceptors (Lipinski definition) is 3. The van der Waals surface area contributed by atoms with Crippen molar-refractivity contribution in [1.82, 2.24) is 20.0 Å². The summed E-state index contributed by atoms with van der Waals surface area (Å²) in [5.74, 6) is 0.0961. The van der Waals surface area contributed by atoms with Crippen LogP contribution in [0.25, 0.3) is 0 Å². The lowest BCUT2D eigenvalue weighted by Gasteiger charge is -2.29. The molecule has 1 aromatic heterocycles. The Balaban J connectivity index is 1.72. The molecular formula is C13H21ClN4O. The maximum absolute atomic E-state index is 11.9. The molecule has 0 atom stereocenters. The van der Waals surface area contributed by atoms with Crippen LogP contribution in [0.15, 0.2) is 6.20 Å². The molecule has 1 fully saturated rings. The first-order valence-electron chi connectivity index (χ1n) is 6.72. The molecule has 0 bridgehead atoms. The van der Waals surface area contributed by atoms with Crippen LogP contribution in [-0.4, -0.2) is 46.8 Å². The average molecular weight is 285 g/mol. The number of aryl methyl sites for hydroxylation is 2. The third-order valence-electron chi connectivity index (χ3n) is 3.54. The molecule has 0 aliphatic carbocycles. The van der Waals surface area contributed by atoms with Gasteiger partial charge in [-0.25, -0.2) is 0 Å². The van der Waals surface area contributed by atoms with Crippen LogP contribution < -0.4 is 5.32 Å². The lowest BCUT2D eigenvalue weighted by atomic mass is 10.1. The van der Waals surface area contributed by atoms with E-state index in [1.165, 1.54) is 0 Å². The van der Waals surface area contributed by atoms with Gasteiger partial charge in [-0.15, -0.1) is 0 Å². The van der Waals surface area contributed by atoms with E-state index in [2.05, 4.69) is 22.4 Å². The third kappa shape index (κ3) is 4.21. The van der Waals surface area contributed by atoms with Crippen molar-refractivity contribution < 1.29 is 4.79 Å². The van der Waals surface area contributed by atoms with Crippen molar-refractivity contribution in [2.45, 2.75) is 38.8 Å². The molecule has 1 aromatic rings. The fourth-order valence-electron chi connectivity index (χ4n) is 2.28. The fourth-order valence-corrected chi connectivity index (χ4v) is 2.43. The number of halogens is 1. The van der Waals surface area contributed by atoms with Crippen molar-refractivity contribution in [2.24, 2.45) is 0 Å². The second kappa shape index (κ2) is 6.39. The van der Waals surface area contributed by atoms with Crippen LogP contribution in [0.1, 0.15) is 25.0 Å². The number of hydrogen-bond donors (Lipinski definition) is 1. The molecule has 1 amide bonds. The van der Waals surface area contributed by atoms with Gasteiger partial charge in [0.2, 0.25) is 5.91 Å². The highest BCUT2D eigenvalue weighted by Gasteiger charge is 2.18. The maximum Gasteiger partial charge on any atom is 0.222 e. The van der Waals surface area contributed by atoms with Crippen molar-refractivity contribution >= 4 is 17.5 Å². The van der Waals surface area contributed by atoms with Crippen LogP contribution in [0, 0.1) is 6.92 Å². The number of amides is 1. The Labute approximate surface area is 118 Å². The SMILES string of the molecule is Cc1nn(CCC(=O)NC2CCN(C)CC2)cc1Cl. The van der Waals surface area contributed by atoms with Gasteiger partial charge in [0, 0.05) is 25.2 Å². The number of nitrogens with zero attached hydrogens (tertiary/aromatic N) is 3. The van der Waals surface area contributed by atoms with E-state index in [1.54, 1.807) is 10.9 Å². The summed E-state index contributed by atoms with van der Waals surface area (Å²) in [5.41, 5.74) is 0.803. The Hall–Kier alpha value is -1.07. The highest BCUT2D eigenvalue weighted by Crippen LogP contribution is 2.12. The van der Waals surface area contributed by atoms with Gasteiger partial charge in [0.1, 0.15) is 0 Å². The molecule has 0 spiro atoms. The first kappa shape index (κ1) is 14.3. The van der Waals surface area contributed by atoms with Crippen molar-refractivity contribution in [1.29, 1.82) is 0 Å². The molecule has 106 valence electrons. The lowest BCUT2D eigenvalue weighted by molar-refractivity contribution is -0.122. The van der Waals surface area contributed by atoms with Gasteiger partial charge in [0.25, 0.3) is 0 Å². The van der Waals surface area contributed by atoms with Crippen LogP contribution in [0.3, 0.4) is 0 Å². The molecule has 1 aliphatic heterocycles. The van der Waals surface area contributed by atoms with E-state index in [1.807, 2.05) is 6.92 Å². The van der Waals surface area contributed by atoms with E-state index < -0.39 is 0 Å². The van der Waals surface area contributed by atoms with Gasteiger partial charge < -0.3 is 10.2 Å². The molecule has 1 saturated heterocycles. The predicted molar refractivity (Wildman–Crippen MR) is 75.3 cm³/mol. The van der Waals surface area contributed by atoms with Gasteiger partial charge in [-0.3, -0.25) is 9.48 Å². The number of aromatic nitrogens is 2. The summed E-state index contributed by atoms with van der Waals surface area (Å²) in [6.07, 6.45) is 4.29. The van der Waals surface area contributed by atoms with Crippen molar-refractivity contribution in [3.63, 3.8) is 0 Å². The minimum Gasteiger partial charge on any atom is -0.353 e. The highest BCUT2D eigenvalue weighted by molar-refractivity contribution is 6.31. The number of rotatable bonds is 4. The molecule has 1 N–H and O–H groups in total. The molecule has 0 saturated carbocycles. The van der Waals surface area contributed by atoms with Crippen molar-refractivity contribution in [3.8, 4) is 0 Å². The van der Waals surface area contributed by atoms with E-state index in [4.69, 9.17) is 11.6 Å². The molecule has 6 heteroatoms. The normalized spacial score (nSPS) is 17.6. The van der Waals surface area contributed by atoms with Gasteiger partial charge in [-0.05, 0) is 39.9 Å². The zero-order valence-electron chi connectivity index (χ0n) is 11.5. The summed E-state index contributed by atoms with van der Waals surface area (Å²) >= 11 is 5.93. The Morgan fingerprint density at radius 3 is 2.79 bits per heavy atom. The number of nitrogens with one attached hydrogen (secondary N) is 1. The lowest BCUT2D eigenvalue weighted by Crippen LogP contribution is -2.43. The molecule has 2 heterocycles. The first-order chi connectivity index (χ1) is 9.04. The quantitative estimate of drug-likeness (QED) is 0.910. The van der Waals surface area contributed by atoms with E-state index in [0.717, 1.165) is 31.6 Å². The van der Waals surface area contributed by atoms with Gasteiger partial charge in [-0.2, -0.15) is 5.10 Å². The van der Waals surface area contributed by atoms with E-state index >= 15 is 0 Å². The molecular weight excluding hydrogens is 264 g/mol. The summed E-state index contributed by atoms with van der Waals surface area (Å²) in [7, 11) is 2.11. The summed E-state index contributed by atoms with van der Waals surface area (Å²) < 4.78 is 1.73. The van der Waals surface area contributed by atoms with Gasteiger partial charge in [0.05, 0.1) is 10.7 Å². The summed E-state index contributed by atoms with van der Waals surface area (Å²) in [6.45, 7) is 4.54. The Kier molecular flexibility index (Phi) is 4.82. The van der Waals surface area contributed by atoms with Crippen LogP contribution in [0.4, 0.5) is 0 Å². The number of piperidine rings is 1. The Morgan fingerprint density at radius 2 is 2.21 bits per heavy atom. The van der Waals surface area contributed by atoms with Crippen molar-refractivity contribution in [2.75, 3.05) is 20.1 Å². The number of carbonyl (C=O) groups is 1. The van der Waals surface area contributed by atoms with Gasteiger partial charge in [0.15, 0.2) is 0 Å². The third-order valence-corrected chi connectivity index (χ3v) is 3.91. The number of likely N-dealkylation sites (tertiary alicyclic amines) is 1. The predicted octanol–water partition coefficient (Wildman–Crippen LogP) is 1.45. The molecule has 19 heavy (non-hydrogen) atoms. The maximum atomic E-state index is 11.9. The second-order valence-corrected chi connectivity index (χ2v) is 5.63. The summed E-state index contributed by atoms with van der Waals surface area (Å²) in [4.78, 5) is 14.1. The smallest absolute Gasteiger partial charge is 0.222 e. The highest BCUT2D eigenvalue weighted by atomic mass is 35.5. The van der Waals surface area contributed by atoms with Crippen LogP contribution >= 0.6 is 11.6 Å². The molecule has 0 radical (unpaired) electrons. The Morgan fingerprint density at radius 1 is 1.53 bits per heavy atom. The molecule has 5 nitrogen and oxygen atoms in total. The van der Waals surface area contributed by atoms with E-state index in [-0.39, 0.29) is 5.91 Å². The first-order valence-corrected chi connectivity index (χ1v) is 7.10. The zero-order valence-corrected chi connectivity index (χ0v) is 12.3. The zero-order chi connectivity index (χ0) is 13.8. The van der Waals surface area contributed by atoms with E-state index in [0.29, 0.717) is 24.0 Å². The van der Waals surface area contributed by atoms with Gasteiger partial charge >= 0.3 is 0 Å². The van der Waals surface area contributed by atoms with Crippen molar-refractivity contribution in [3.05, 3.63) is 16.9 Å². The fraction of sp³-hybridized carbons (Fsp3) is 0.692. The minimum absolute atomic E-state index is 0.0961. The van der Waals surface area contributed by atoms with E-state index in [9.17, 15) is 4.79 Å². The van der Waals surface area contributed by atoms with Crippen LogP contribution in [-0.2, 0) is 11.3 Å². The molecule has 1 aliphatic rings. The topological polar surface area (TPSA) is 50.2 Å². The number of carbonyl (C=O) groups excluding carboxylic acids is 1. The second-order valence-electron chi connectivity index (χ2n) is 5.22. The van der Waals surface area contributed by atoms with Crippen LogP contribution in [0.5, 0.6) is 0 Å². The summed E-state index contributed by atoms with van der Waals surface area (Å²) in [6, 6.07) is 0.326. The molecule has 0 aromatic carbocycles. The average Bonchev–Trinajstić information content (AvgIpc) is 2.69. The van der Waals surface area contributed by atoms with Crippen LogP contribution in [0.2, 0.25) is 5.02 Å². The minimum atomic E-state index is 0.0961. The Bertz CT molecular complexity index is 418.